The quantitative estimate of drug-likeness (QED) is 0.682. The van der Waals surface area contributed by atoms with Crippen LogP contribution in [0.25, 0.3) is 0 Å². The number of hydrogen-bond acceptors (Lipinski definition) is 6. The van der Waals surface area contributed by atoms with Crippen molar-refractivity contribution in [2.24, 2.45) is 5.92 Å². The van der Waals surface area contributed by atoms with Crippen molar-refractivity contribution in [1.29, 1.82) is 0 Å². The van der Waals surface area contributed by atoms with E-state index in [9.17, 15) is 5.11 Å². The molecule has 0 fully saturated rings. The van der Waals surface area contributed by atoms with Crippen LogP contribution in [0.1, 0.15) is 20.3 Å². The molecule has 1 rings (SSSR count). The summed E-state index contributed by atoms with van der Waals surface area (Å²) in [7, 11) is 0. The van der Waals surface area contributed by atoms with Gasteiger partial charge in [0.05, 0.1) is 6.10 Å². The molecule has 0 aliphatic rings. The summed E-state index contributed by atoms with van der Waals surface area (Å²) in [6.07, 6.45) is 0.432. The topological polar surface area (TPSA) is 84.1 Å². The van der Waals surface area contributed by atoms with Crippen LogP contribution in [0.4, 0.5) is 11.1 Å². The number of aliphatic hydroxyl groups is 1. The van der Waals surface area contributed by atoms with Crippen molar-refractivity contribution in [1.82, 2.24) is 9.36 Å². The Morgan fingerprint density at radius 2 is 2.29 bits per heavy atom. The van der Waals surface area contributed by atoms with Crippen LogP contribution in [-0.2, 0) is 0 Å². The van der Waals surface area contributed by atoms with E-state index in [0.717, 1.165) is 6.42 Å². The van der Waals surface area contributed by atoms with Crippen molar-refractivity contribution in [2.75, 3.05) is 17.6 Å². The van der Waals surface area contributed by atoms with Gasteiger partial charge < -0.3 is 16.2 Å². The first-order valence-electron chi connectivity index (χ1n) is 4.59. The van der Waals surface area contributed by atoms with Gasteiger partial charge in [0.25, 0.3) is 0 Å². The summed E-state index contributed by atoms with van der Waals surface area (Å²) in [5.41, 5.74) is 5.35. The number of nitrogens with two attached hydrogens (primary N) is 1. The number of nitrogens with zero attached hydrogens (tertiary/aromatic N) is 2. The number of anilines is 2. The highest BCUT2D eigenvalue weighted by molar-refractivity contribution is 7.09. The molecule has 5 nitrogen and oxygen atoms in total. The van der Waals surface area contributed by atoms with Gasteiger partial charge in [-0.05, 0) is 12.3 Å². The van der Waals surface area contributed by atoms with Crippen LogP contribution in [0.2, 0.25) is 0 Å². The Hall–Kier alpha value is -0.880. The lowest BCUT2D eigenvalue weighted by Gasteiger charge is -2.12. The van der Waals surface area contributed by atoms with Crippen molar-refractivity contribution in [3.05, 3.63) is 0 Å². The van der Waals surface area contributed by atoms with Gasteiger partial charge in [-0.2, -0.15) is 9.36 Å². The summed E-state index contributed by atoms with van der Waals surface area (Å²) in [6, 6.07) is 0. The molecule has 1 unspecified atom stereocenters. The normalized spacial score (nSPS) is 13.1. The molecule has 0 bridgehead atoms. The van der Waals surface area contributed by atoms with E-state index >= 15 is 0 Å². The molecule has 4 N–H and O–H groups in total. The van der Waals surface area contributed by atoms with Crippen molar-refractivity contribution < 1.29 is 5.11 Å². The molecule has 1 aromatic rings. The number of nitrogens with one attached hydrogen (secondary N) is 1. The van der Waals surface area contributed by atoms with E-state index in [1.165, 1.54) is 11.5 Å². The molecule has 0 aliphatic carbocycles. The van der Waals surface area contributed by atoms with E-state index in [1.54, 1.807) is 0 Å². The second-order valence-electron chi connectivity index (χ2n) is 3.62. The number of nitrogen functional groups attached to an aromatic ring is 1. The van der Waals surface area contributed by atoms with E-state index < -0.39 is 0 Å². The minimum Gasteiger partial charge on any atom is -0.391 e. The largest absolute Gasteiger partial charge is 0.391 e. The third-order valence-corrected chi connectivity index (χ3v) is 2.36. The Balaban J connectivity index is 2.26. The molecular weight excluding hydrogens is 200 g/mol. The van der Waals surface area contributed by atoms with Crippen LogP contribution in [0.3, 0.4) is 0 Å². The van der Waals surface area contributed by atoms with Gasteiger partial charge in [-0.25, -0.2) is 0 Å². The Kier molecular flexibility index (Phi) is 4.09. The molecule has 6 heteroatoms. The predicted molar refractivity (Wildman–Crippen MR) is 58.3 cm³/mol. The van der Waals surface area contributed by atoms with Crippen LogP contribution in [0.15, 0.2) is 0 Å². The minimum atomic E-state index is -0.347. The van der Waals surface area contributed by atoms with E-state index in [0.29, 0.717) is 17.6 Å². The molecule has 0 spiro atoms. The fraction of sp³-hybridized carbons (Fsp3) is 0.750. The van der Waals surface area contributed by atoms with Crippen LogP contribution < -0.4 is 11.1 Å². The highest BCUT2D eigenvalue weighted by Crippen LogP contribution is 2.12. The molecule has 80 valence electrons. The van der Waals surface area contributed by atoms with E-state index in [4.69, 9.17) is 5.73 Å². The van der Waals surface area contributed by atoms with Crippen LogP contribution in [0.5, 0.6) is 0 Å². The highest BCUT2D eigenvalue weighted by atomic mass is 32.1. The number of hydrogen-bond donors (Lipinski definition) is 3. The van der Waals surface area contributed by atoms with Crippen molar-refractivity contribution in [2.45, 2.75) is 26.4 Å². The lowest BCUT2D eigenvalue weighted by atomic mass is 10.1. The first-order chi connectivity index (χ1) is 6.58. The smallest absolute Gasteiger partial charge is 0.233 e. The van der Waals surface area contributed by atoms with Crippen LogP contribution in [-0.4, -0.2) is 27.1 Å². The third-order valence-electron chi connectivity index (χ3n) is 1.67. The molecular formula is C8H16N4OS. The van der Waals surface area contributed by atoms with Crippen LogP contribution in [0, 0.1) is 5.92 Å². The van der Waals surface area contributed by atoms with Gasteiger partial charge in [0.2, 0.25) is 11.1 Å². The van der Waals surface area contributed by atoms with E-state index in [2.05, 4.69) is 28.5 Å². The maximum absolute atomic E-state index is 9.55. The summed E-state index contributed by atoms with van der Waals surface area (Å²) >= 11 is 1.20. The summed E-state index contributed by atoms with van der Waals surface area (Å²) in [4.78, 5) is 3.92. The summed E-state index contributed by atoms with van der Waals surface area (Å²) in [6.45, 7) is 4.64. The van der Waals surface area contributed by atoms with E-state index in [-0.39, 0.29) is 12.1 Å². The predicted octanol–water partition coefficient (Wildman–Crippen LogP) is 0.939. The second-order valence-corrected chi connectivity index (χ2v) is 4.37. The fourth-order valence-electron chi connectivity index (χ4n) is 1.14. The number of aliphatic hydroxyl groups excluding tert-OH is 1. The Bertz CT molecular complexity index is 276. The third kappa shape index (κ3) is 3.89. The Labute approximate surface area is 87.5 Å². The van der Waals surface area contributed by atoms with Crippen molar-refractivity contribution in [3.8, 4) is 0 Å². The van der Waals surface area contributed by atoms with Gasteiger partial charge in [-0.3, -0.25) is 0 Å². The monoisotopic (exact) mass is 216 g/mol. The summed E-state index contributed by atoms with van der Waals surface area (Å²) < 4.78 is 3.82. The first-order valence-corrected chi connectivity index (χ1v) is 5.36. The van der Waals surface area contributed by atoms with Gasteiger partial charge in [-0.1, -0.05) is 13.8 Å². The standard InChI is InChI=1S/C8H16N4OS/c1-5(2)3-6(13)4-10-8-11-7(9)12-14-8/h5-6,13H,3-4H2,1-2H3,(H3,9,10,11,12). The number of aromatic nitrogens is 2. The van der Waals surface area contributed by atoms with Gasteiger partial charge in [0.15, 0.2) is 0 Å². The molecule has 1 aromatic heterocycles. The van der Waals surface area contributed by atoms with E-state index in [1.807, 2.05) is 0 Å². The lowest BCUT2D eigenvalue weighted by molar-refractivity contribution is 0.161. The van der Waals surface area contributed by atoms with Gasteiger partial charge >= 0.3 is 0 Å². The lowest BCUT2D eigenvalue weighted by Crippen LogP contribution is -2.21. The molecule has 14 heavy (non-hydrogen) atoms. The molecule has 0 aliphatic heterocycles. The maximum Gasteiger partial charge on any atom is 0.233 e. The van der Waals surface area contributed by atoms with Gasteiger partial charge in [0.1, 0.15) is 0 Å². The molecule has 0 saturated carbocycles. The molecule has 0 radical (unpaired) electrons. The first kappa shape index (κ1) is 11.2. The molecule has 0 aromatic carbocycles. The number of rotatable bonds is 5. The zero-order valence-corrected chi connectivity index (χ0v) is 9.21. The molecule has 1 atom stereocenters. The van der Waals surface area contributed by atoms with Crippen molar-refractivity contribution in [3.63, 3.8) is 0 Å². The molecule has 0 saturated heterocycles. The second kappa shape index (κ2) is 5.11. The van der Waals surface area contributed by atoms with Crippen molar-refractivity contribution >= 4 is 22.6 Å². The zero-order valence-electron chi connectivity index (χ0n) is 8.40. The highest BCUT2D eigenvalue weighted by Gasteiger charge is 2.07. The Morgan fingerprint density at radius 1 is 1.57 bits per heavy atom. The van der Waals surface area contributed by atoms with Gasteiger partial charge in [-0.15, -0.1) is 0 Å². The summed E-state index contributed by atoms with van der Waals surface area (Å²) in [5, 5.41) is 13.2. The Morgan fingerprint density at radius 3 is 2.79 bits per heavy atom. The van der Waals surface area contributed by atoms with Crippen LogP contribution >= 0.6 is 11.5 Å². The zero-order chi connectivity index (χ0) is 10.6. The molecule has 1 heterocycles. The maximum atomic E-state index is 9.55. The SMILES string of the molecule is CC(C)CC(O)CNc1nc(N)ns1. The average molecular weight is 216 g/mol. The summed E-state index contributed by atoms with van der Waals surface area (Å²) in [5.74, 6) is 0.766. The fourth-order valence-corrected chi connectivity index (χ4v) is 1.64. The average Bonchev–Trinajstić information content (AvgIpc) is 2.47. The minimum absolute atomic E-state index is 0.274. The molecule has 0 amide bonds. The van der Waals surface area contributed by atoms with Gasteiger partial charge in [0, 0.05) is 18.1 Å².